The first kappa shape index (κ1) is 11.9. The molecule has 1 aliphatic carbocycles. The highest BCUT2D eigenvalue weighted by Gasteiger charge is 2.42. The predicted octanol–water partition coefficient (Wildman–Crippen LogP) is 2.36. The lowest BCUT2D eigenvalue weighted by Gasteiger charge is -2.39. The van der Waals surface area contributed by atoms with Crippen molar-refractivity contribution in [3.05, 3.63) is 27.8 Å². The van der Waals surface area contributed by atoms with E-state index in [1.165, 1.54) is 0 Å². The second-order valence-electron chi connectivity index (χ2n) is 4.27. The molecule has 1 saturated carbocycles. The van der Waals surface area contributed by atoms with Crippen LogP contribution in [0.15, 0.2) is 24.3 Å². The van der Waals surface area contributed by atoms with Gasteiger partial charge in [0.05, 0.1) is 11.1 Å². The fraction of sp³-hybridized carbons (Fsp3) is 0.417. The summed E-state index contributed by atoms with van der Waals surface area (Å²) in [5.41, 5.74) is 6.27. The minimum atomic E-state index is -0.307. The Bertz CT molecular complexity index is 396. The van der Waals surface area contributed by atoms with Crippen molar-refractivity contribution in [3.63, 3.8) is 0 Å². The van der Waals surface area contributed by atoms with Crippen molar-refractivity contribution in [2.24, 2.45) is 11.1 Å². The fourth-order valence-corrected chi connectivity index (χ4v) is 2.47. The zero-order chi connectivity index (χ0) is 11.6. The van der Waals surface area contributed by atoms with Gasteiger partial charge in [-0.1, -0.05) is 18.6 Å². The van der Waals surface area contributed by atoms with Gasteiger partial charge in [0, 0.05) is 10.1 Å². The Hall–Kier alpha value is -0.620. The molecule has 0 heterocycles. The number of carbonyl (C=O) groups excluding carboxylic acids is 1. The lowest BCUT2D eigenvalue weighted by atomic mass is 9.68. The van der Waals surface area contributed by atoms with Gasteiger partial charge < -0.3 is 11.1 Å². The molecule has 1 fully saturated rings. The van der Waals surface area contributed by atoms with Gasteiger partial charge in [0.1, 0.15) is 0 Å². The monoisotopic (exact) mass is 330 g/mol. The molecule has 0 saturated heterocycles. The van der Waals surface area contributed by atoms with Crippen LogP contribution in [0.4, 0.5) is 5.69 Å². The van der Waals surface area contributed by atoms with Gasteiger partial charge in [0.25, 0.3) is 0 Å². The molecule has 3 N–H and O–H groups in total. The second-order valence-corrected chi connectivity index (χ2v) is 5.43. The second kappa shape index (κ2) is 4.71. The lowest BCUT2D eigenvalue weighted by Crippen LogP contribution is -2.47. The number of carbonyl (C=O) groups is 1. The van der Waals surface area contributed by atoms with Gasteiger partial charge in [-0.15, -0.1) is 0 Å². The molecule has 1 amide bonds. The van der Waals surface area contributed by atoms with Crippen LogP contribution in [0.2, 0.25) is 0 Å². The number of nitrogens with two attached hydrogens (primary N) is 1. The van der Waals surface area contributed by atoms with E-state index in [-0.39, 0.29) is 11.3 Å². The summed E-state index contributed by atoms with van der Waals surface area (Å²) in [6.07, 6.45) is 2.94. The third-order valence-corrected chi connectivity index (χ3v) is 4.25. The smallest absolute Gasteiger partial charge is 0.231 e. The zero-order valence-corrected chi connectivity index (χ0v) is 11.2. The van der Waals surface area contributed by atoms with Crippen LogP contribution < -0.4 is 11.1 Å². The quantitative estimate of drug-likeness (QED) is 0.836. The van der Waals surface area contributed by atoms with Crippen molar-refractivity contribution in [2.75, 3.05) is 11.9 Å². The van der Waals surface area contributed by atoms with E-state index in [0.29, 0.717) is 6.54 Å². The summed E-state index contributed by atoms with van der Waals surface area (Å²) < 4.78 is 1.06. The number of halogens is 1. The number of para-hydroxylation sites is 1. The molecular formula is C12H15IN2O. The molecule has 1 aromatic carbocycles. The Labute approximate surface area is 109 Å². The summed E-state index contributed by atoms with van der Waals surface area (Å²) in [5.74, 6) is 0.0744. The average molecular weight is 330 g/mol. The van der Waals surface area contributed by atoms with E-state index < -0.39 is 0 Å². The Morgan fingerprint density at radius 1 is 1.44 bits per heavy atom. The maximum Gasteiger partial charge on any atom is 0.231 e. The van der Waals surface area contributed by atoms with Crippen LogP contribution in [0.25, 0.3) is 0 Å². The van der Waals surface area contributed by atoms with Crippen molar-refractivity contribution in [1.29, 1.82) is 0 Å². The minimum Gasteiger partial charge on any atom is -0.329 e. The topological polar surface area (TPSA) is 55.1 Å². The number of rotatable bonds is 3. The van der Waals surface area contributed by atoms with Crippen LogP contribution in [-0.4, -0.2) is 12.5 Å². The Balaban J connectivity index is 2.10. The molecular weight excluding hydrogens is 315 g/mol. The molecule has 1 aromatic rings. The molecule has 0 aromatic heterocycles. The summed E-state index contributed by atoms with van der Waals surface area (Å²) in [5, 5.41) is 2.98. The summed E-state index contributed by atoms with van der Waals surface area (Å²) in [6.45, 7) is 0.447. The van der Waals surface area contributed by atoms with Crippen LogP contribution in [0.3, 0.4) is 0 Å². The van der Waals surface area contributed by atoms with Crippen LogP contribution in [0, 0.1) is 8.99 Å². The van der Waals surface area contributed by atoms with E-state index >= 15 is 0 Å². The van der Waals surface area contributed by atoms with Crippen molar-refractivity contribution >= 4 is 34.2 Å². The maximum absolute atomic E-state index is 12.1. The third kappa shape index (κ3) is 2.08. The third-order valence-electron chi connectivity index (χ3n) is 3.31. The largest absolute Gasteiger partial charge is 0.329 e. The van der Waals surface area contributed by atoms with Crippen LogP contribution in [0.5, 0.6) is 0 Å². The molecule has 0 spiro atoms. The summed E-state index contributed by atoms with van der Waals surface area (Å²) in [7, 11) is 0. The SMILES string of the molecule is NCC1(C(=O)Nc2ccccc2I)CCC1. The summed E-state index contributed by atoms with van der Waals surface area (Å²) in [4.78, 5) is 12.1. The minimum absolute atomic E-state index is 0.0744. The van der Waals surface area contributed by atoms with Crippen LogP contribution in [0.1, 0.15) is 19.3 Å². The number of amides is 1. The molecule has 0 atom stereocenters. The average Bonchev–Trinajstić information content (AvgIpc) is 2.21. The van der Waals surface area contributed by atoms with Crippen molar-refractivity contribution in [2.45, 2.75) is 19.3 Å². The van der Waals surface area contributed by atoms with Crippen molar-refractivity contribution in [1.82, 2.24) is 0 Å². The first-order valence-corrected chi connectivity index (χ1v) is 6.52. The van der Waals surface area contributed by atoms with Gasteiger partial charge in [-0.2, -0.15) is 0 Å². The molecule has 0 unspecified atom stereocenters. The number of hydrogen-bond donors (Lipinski definition) is 2. The molecule has 0 bridgehead atoms. The van der Waals surface area contributed by atoms with Crippen molar-refractivity contribution in [3.8, 4) is 0 Å². The number of nitrogens with one attached hydrogen (secondary N) is 1. The number of anilines is 1. The Morgan fingerprint density at radius 2 is 2.12 bits per heavy atom. The van der Waals surface area contributed by atoms with Gasteiger partial charge in [0.15, 0.2) is 0 Å². The van der Waals surface area contributed by atoms with Gasteiger partial charge in [0.2, 0.25) is 5.91 Å². The summed E-state index contributed by atoms with van der Waals surface area (Å²) >= 11 is 2.22. The molecule has 16 heavy (non-hydrogen) atoms. The van der Waals surface area contributed by atoms with Crippen LogP contribution in [-0.2, 0) is 4.79 Å². The highest BCUT2D eigenvalue weighted by molar-refractivity contribution is 14.1. The number of hydrogen-bond acceptors (Lipinski definition) is 2. The Morgan fingerprint density at radius 3 is 2.62 bits per heavy atom. The van der Waals surface area contributed by atoms with Gasteiger partial charge >= 0.3 is 0 Å². The molecule has 2 rings (SSSR count). The highest BCUT2D eigenvalue weighted by Crippen LogP contribution is 2.41. The molecule has 1 aliphatic rings. The highest BCUT2D eigenvalue weighted by atomic mass is 127. The van der Waals surface area contributed by atoms with Gasteiger partial charge in [-0.25, -0.2) is 0 Å². The molecule has 0 radical (unpaired) electrons. The van der Waals surface area contributed by atoms with E-state index in [4.69, 9.17) is 5.73 Å². The first-order chi connectivity index (χ1) is 7.68. The first-order valence-electron chi connectivity index (χ1n) is 5.44. The maximum atomic E-state index is 12.1. The van der Waals surface area contributed by atoms with E-state index in [0.717, 1.165) is 28.5 Å². The fourth-order valence-electron chi connectivity index (χ4n) is 1.94. The zero-order valence-electron chi connectivity index (χ0n) is 9.00. The standard InChI is InChI=1S/C12H15IN2O/c13-9-4-1-2-5-10(9)15-11(16)12(8-14)6-3-7-12/h1-2,4-5H,3,6-8,14H2,(H,15,16). The lowest BCUT2D eigenvalue weighted by molar-refractivity contribution is -0.129. The van der Waals surface area contributed by atoms with Gasteiger partial charge in [-0.05, 0) is 47.6 Å². The summed E-state index contributed by atoms with van der Waals surface area (Å²) in [6, 6.07) is 7.78. The van der Waals surface area contributed by atoms with Crippen molar-refractivity contribution < 1.29 is 4.79 Å². The normalized spacial score (nSPS) is 17.6. The predicted molar refractivity (Wildman–Crippen MR) is 73.1 cm³/mol. The van der Waals surface area contributed by atoms with Gasteiger partial charge in [-0.3, -0.25) is 4.79 Å². The molecule has 86 valence electrons. The van der Waals surface area contributed by atoms with E-state index in [9.17, 15) is 4.79 Å². The molecule has 0 aliphatic heterocycles. The Kier molecular flexibility index (Phi) is 3.49. The number of benzene rings is 1. The van der Waals surface area contributed by atoms with E-state index in [1.807, 2.05) is 24.3 Å². The van der Waals surface area contributed by atoms with E-state index in [2.05, 4.69) is 27.9 Å². The molecule has 4 heteroatoms. The molecule has 3 nitrogen and oxygen atoms in total. The van der Waals surface area contributed by atoms with Crippen LogP contribution >= 0.6 is 22.6 Å². The van der Waals surface area contributed by atoms with E-state index in [1.54, 1.807) is 0 Å².